The third-order valence-electron chi connectivity index (χ3n) is 5.01. The van der Waals surface area contributed by atoms with Crippen molar-refractivity contribution in [3.63, 3.8) is 0 Å². The van der Waals surface area contributed by atoms with Crippen molar-refractivity contribution in [3.8, 4) is 22.8 Å². The first-order valence-electron chi connectivity index (χ1n) is 10.1. The van der Waals surface area contributed by atoms with Crippen LogP contribution in [-0.4, -0.2) is 53.6 Å². The van der Waals surface area contributed by atoms with E-state index < -0.39 is 0 Å². The highest BCUT2D eigenvalue weighted by Gasteiger charge is 2.14. The molecule has 0 radical (unpaired) electrons. The molecule has 2 aromatic carbocycles. The number of carbonyl (C=O) groups is 1. The van der Waals surface area contributed by atoms with Gasteiger partial charge in [-0.25, -0.2) is 4.39 Å². The van der Waals surface area contributed by atoms with Gasteiger partial charge in [-0.1, -0.05) is 0 Å². The Morgan fingerprint density at radius 3 is 2.71 bits per heavy atom. The third kappa shape index (κ3) is 5.58. The lowest BCUT2D eigenvalue weighted by Gasteiger charge is -2.19. The standard InChI is InChI=1S/C23H24FN3O3S/c1-27(23(28)15-31-19-8-9-21-22(14-19)30-12-11-29-21)10-2-3-18-13-20(26-25-18)16-4-6-17(24)7-5-16/h4-9,13-14H,2-3,10-12,15H2,1H3,(H,25,26). The normalized spacial score (nSPS) is 12.6. The second-order valence-electron chi connectivity index (χ2n) is 7.30. The maximum absolute atomic E-state index is 13.1. The van der Waals surface area contributed by atoms with Gasteiger partial charge in [-0.15, -0.1) is 11.8 Å². The molecule has 6 nitrogen and oxygen atoms in total. The van der Waals surface area contributed by atoms with Crippen molar-refractivity contribution in [1.82, 2.24) is 15.1 Å². The molecule has 0 saturated carbocycles. The zero-order valence-corrected chi connectivity index (χ0v) is 18.1. The predicted octanol–water partition coefficient (Wildman–Crippen LogP) is 4.17. The summed E-state index contributed by atoms with van der Waals surface area (Å²) >= 11 is 1.49. The molecule has 0 fully saturated rings. The van der Waals surface area contributed by atoms with E-state index in [1.54, 1.807) is 17.0 Å². The molecule has 2 heterocycles. The summed E-state index contributed by atoms with van der Waals surface area (Å²) in [6.45, 7) is 1.77. The molecule has 8 heteroatoms. The van der Waals surface area contributed by atoms with E-state index in [9.17, 15) is 9.18 Å². The second kappa shape index (κ2) is 9.87. The van der Waals surface area contributed by atoms with Gasteiger partial charge in [0.1, 0.15) is 19.0 Å². The molecule has 1 amide bonds. The minimum atomic E-state index is -0.264. The number of hydrogen-bond acceptors (Lipinski definition) is 5. The maximum atomic E-state index is 13.1. The molecule has 0 spiro atoms. The quantitative estimate of drug-likeness (QED) is 0.532. The van der Waals surface area contributed by atoms with E-state index in [0.717, 1.165) is 46.2 Å². The van der Waals surface area contributed by atoms with Crippen LogP contribution in [0.5, 0.6) is 11.5 Å². The van der Waals surface area contributed by atoms with Gasteiger partial charge in [0.2, 0.25) is 5.91 Å². The molecule has 3 aromatic rings. The molecule has 1 N–H and O–H groups in total. The number of H-pyrrole nitrogens is 1. The van der Waals surface area contributed by atoms with Gasteiger partial charge < -0.3 is 14.4 Å². The average molecular weight is 442 g/mol. The fraction of sp³-hybridized carbons (Fsp3) is 0.304. The molecule has 162 valence electrons. The summed E-state index contributed by atoms with van der Waals surface area (Å²) in [5.74, 6) is 1.67. The Bertz CT molecular complexity index is 1040. The van der Waals surface area contributed by atoms with Crippen LogP contribution in [-0.2, 0) is 11.2 Å². The first kappa shape index (κ1) is 21.2. The lowest BCUT2D eigenvalue weighted by molar-refractivity contribution is -0.127. The number of halogens is 1. The van der Waals surface area contributed by atoms with Crippen LogP contribution in [0.15, 0.2) is 53.4 Å². The summed E-state index contributed by atoms with van der Waals surface area (Å²) in [5, 5.41) is 7.31. The summed E-state index contributed by atoms with van der Waals surface area (Å²) in [7, 11) is 1.82. The largest absolute Gasteiger partial charge is 0.486 e. The van der Waals surface area contributed by atoms with Crippen LogP contribution in [0.2, 0.25) is 0 Å². The van der Waals surface area contributed by atoms with Gasteiger partial charge in [0.15, 0.2) is 11.5 Å². The van der Waals surface area contributed by atoms with Crippen molar-refractivity contribution in [1.29, 1.82) is 0 Å². The van der Waals surface area contributed by atoms with Crippen molar-refractivity contribution < 1.29 is 18.7 Å². The number of amides is 1. The number of fused-ring (bicyclic) bond motifs is 1. The number of rotatable bonds is 8. The SMILES string of the molecule is CN(CCCc1cc(-c2ccc(F)cc2)n[nH]1)C(=O)CSc1ccc2c(c1)OCCO2. The molecule has 0 unspecified atom stereocenters. The minimum Gasteiger partial charge on any atom is -0.486 e. The molecule has 1 aromatic heterocycles. The Kier molecular flexibility index (Phi) is 6.76. The number of ether oxygens (including phenoxy) is 2. The van der Waals surface area contributed by atoms with Crippen LogP contribution in [0.1, 0.15) is 12.1 Å². The number of nitrogens with zero attached hydrogens (tertiary/aromatic N) is 2. The molecule has 1 aliphatic rings. The van der Waals surface area contributed by atoms with Crippen LogP contribution < -0.4 is 9.47 Å². The van der Waals surface area contributed by atoms with Gasteiger partial charge >= 0.3 is 0 Å². The van der Waals surface area contributed by atoms with Gasteiger partial charge in [0, 0.05) is 29.7 Å². The third-order valence-corrected chi connectivity index (χ3v) is 5.99. The Morgan fingerprint density at radius 1 is 1.13 bits per heavy atom. The van der Waals surface area contributed by atoms with Crippen LogP contribution in [0.4, 0.5) is 4.39 Å². The molecule has 0 saturated heterocycles. The van der Waals surface area contributed by atoms with Crippen molar-refractivity contribution in [2.45, 2.75) is 17.7 Å². The van der Waals surface area contributed by atoms with E-state index in [2.05, 4.69) is 10.2 Å². The van der Waals surface area contributed by atoms with Gasteiger partial charge in [-0.3, -0.25) is 9.89 Å². The first-order chi connectivity index (χ1) is 15.1. The van der Waals surface area contributed by atoms with E-state index >= 15 is 0 Å². The highest BCUT2D eigenvalue weighted by molar-refractivity contribution is 8.00. The Morgan fingerprint density at radius 2 is 1.90 bits per heavy atom. The molecule has 0 atom stereocenters. The summed E-state index contributed by atoms with van der Waals surface area (Å²) < 4.78 is 24.2. The van der Waals surface area contributed by atoms with Crippen molar-refractivity contribution in [2.75, 3.05) is 32.6 Å². The molecular weight excluding hydrogens is 417 g/mol. The monoisotopic (exact) mass is 441 g/mol. The van der Waals surface area contributed by atoms with Crippen molar-refractivity contribution >= 4 is 17.7 Å². The van der Waals surface area contributed by atoms with E-state index in [1.165, 1.54) is 23.9 Å². The zero-order chi connectivity index (χ0) is 21.6. The van der Waals surface area contributed by atoms with Crippen molar-refractivity contribution in [3.05, 3.63) is 60.0 Å². The molecule has 0 bridgehead atoms. The van der Waals surface area contributed by atoms with Crippen LogP contribution in [0, 0.1) is 5.82 Å². The Hall–Kier alpha value is -3.00. The zero-order valence-electron chi connectivity index (χ0n) is 17.3. The number of aromatic nitrogens is 2. The smallest absolute Gasteiger partial charge is 0.232 e. The van der Waals surface area contributed by atoms with Crippen molar-refractivity contribution in [2.24, 2.45) is 0 Å². The maximum Gasteiger partial charge on any atom is 0.232 e. The summed E-state index contributed by atoms with van der Waals surface area (Å²) in [6, 6.07) is 14.0. The molecule has 0 aliphatic carbocycles. The average Bonchev–Trinajstić information content (AvgIpc) is 3.26. The fourth-order valence-corrected chi connectivity index (χ4v) is 4.12. The second-order valence-corrected chi connectivity index (χ2v) is 8.35. The topological polar surface area (TPSA) is 67.5 Å². The Balaban J connectivity index is 1.21. The Labute approximate surface area is 184 Å². The van der Waals surface area contributed by atoms with Crippen LogP contribution >= 0.6 is 11.8 Å². The van der Waals surface area contributed by atoms with Gasteiger partial charge in [-0.05, 0) is 61.4 Å². The summed E-state index contributed by atoms with van der Waals surface area (Å²) in [4.78, 5) is 15.2. The highest BCUT2D eigenvalue weighted by atomic mass is 32.2. The van der Waals surface area contributed by atoms with Gasteiger partial charge in [-0.2, -0.15) is 5.10 Å². The molecule has 1 aliphatic heterocycles. The van der Waals surface area contributed by atoms with Gasteiger partial charge in [0.25, 0.3) is 0 Å². The van der Waals surface area contributed by atoms with E-state index in [0.29, 0.717) is 25.5 Å². The lowest BCUT2D eigenvalue weighted by atomic mass is 10.1. The number of carbonyl (C=O) groups excluding carboxylic acids is 1. The number of hydrogen-bond donors (Lipinski definition) is 1. The van der Waals surface area contributed by atoms with Crippen LogP contribution in [0.3, 0.4) is 0 Å². The molecule has 31 heavy (non-hydrogen) atoms. The number of aryl methyl sites for hydroxylation is 1. The minimum absolute atomic E-state index is 0.0801. The first-order valence-corrected chi connectivity index (χ1v) is 11.1. The number of nitrogens with one attached hydrogen (secondary N) is 1. The summed E-state index contributed by atoms with van der Waals surface area (Å²) in [6.07, 6.45) is 1.60. The van der Waals surface area contributed by atoms with E-state index in [-0.39, 0.29) is 11.7 Å². The van der Waals surface area contributed by atoms with Gasteiger partial charge in [0.05, 0.1) is 11.4 Å². The molecule has 4 rings (SSSR count). The number of benzene rings is 2. The van der Waals surface area contributed by atoms with Crippen LogP contribution in [0.25, 0.3) is 11.3 Å². The predicted molar refractivity (Wildman–Crippen MR) is 118 cm³/mol. The molecular formula is C23H24FN3O3S. The number of thioether (sulfide) groups is 1. The number of aromatic amines is 1. The lowest BCUT2D eigenvalue weighted by Crippen LogP contribution is -2.29. The summed E-state index contributed by atoms with van der Waals surface area (Å²) in [5.41, 5.74) is 2.65. The fourth-order valence-electron chi connectivity index (χ4n) is 3.26. The van der Waals surface area contributed by atoms with E-state index in [1.807, 2.05) is 31.3 Å². The van der Waals surface area contributed by atoms with E-state index in [4.69, 9.17) is 9.47 Å². The highest BCUT2D eigenvalue weighted by Crippen LogP contribution is 2.34.